The summed E-state index contributed by atoms with van der Waals surface area (Å²) >= 11 is 0. The monoisotopic (exact) mass is 478 g/mol. The maximum atomic E-state index is 14.4. The lowest BCUT2D eigenvalue weighted by Gasteiger charge is -2.30. The molecule has 0 unspecified atom stereocenters. The number of hydrogen-bond acceptors (Lipinski definition) is 10. The fourth-order valence-electron chi connectivity index (χ4n) is 4.34. The van der Waals surface area contributed by atoms with Gasteiger partial charge in [0.15, 0.2) is 28.8 Å². The van der Waals surface area contributed by atoms with Gasteiger partial charge in [-0.05, 0) is 44.5 Å². The Hall–Kier alpha value is -4.06. The Labute approximate surface area is 200 Å². The molecule has 0 spiro atoms. The van der Waals surface area contributed by atoms with Gasteiger partial charge >= 0.3 is 0 Å². The SMILES string of the molecule is CC1(C)Oc2ccc(Nc3nc(Nc4ccc(N5C[C@@H]6C[C@H]5CO6)nc4)ncc3F)nc2NC1=O. The molecule has 11 nitrogen and oxygen atoms in total. The van der Waals surface area contributed by atoms with Crippen molar-refractivity contribution in [1.29, 1.82) is 0 Å². The number of fused-ring (bicyclic) bond motifs is 3. The van der Waals surface area contributed by atoms with E-state index in [0.717, 1.165) is 31.6 Å². The molecule has 2 saturated heterocycles. The van der Waals surface area contributed by atoms with Crippen molar-refractivity contribution < 1.29 is 18.7 Å². The predicted molar refractivity (Wildman–Crippen MR) is 126 cm³/mol. The third-order valence-corrected chi connectivity index (χ3v) is 6.19. The standard InChI is InChI=1S/C23H23FN8O3/c1-23(2)21(33)30-20-16(35-23)4-5-17(29-20)28-19-15(24)9-26-22(31-19)27-12-3-6-18(25-8-12)32-10-14-7-13(32)11-34-14/h3-6,8-9,13-14H,7,10-11H2,1-2H3,(H3,26,27,28,29,30,31,33)/t13-,14-/m0/s1. The number of carbonyl (C=O) groups excluding carboxylic acids is 1. The first kappa shape index (κ1) is 21.5. The van der Waals surface area contributed by atoms with Gasteiger partial charge in [-0.15, -0.1) is 0 Å². The molecule has 2 atom stereocenters. The Morgan fingerprint density at radius 3 is 2.77 bits per heavy atom. The molecule has 0 aromatic carbocycles. The maximum absolute atomic E-state index is 14.4. The molecule has 2 fully saturated rings. The Balaban J connectivity index is 1.16. The third kappa shape index (κ3) is 4.05. The molecule has 0 aliphatic carbocycles. The number of aromatic nitrogens is 4. The molecule has 3 aliphatic heterocycles. The highest BCUT2D eigenvalue weighted by atomic mass is 19.1. The largest absolute Gasteiger partial charge is 0.474 e. The van der Waals surface area contributed by atoms with Gasteiger partial charge in [-0.1, -0.05) is 0 Å². The van der Waals surface area contributed by atoms with Crippen molar-refractivity contribution in [3.8, 4) is 5.75 Å². The van der Waals surface area contributed by atoms with Crippen molar-refractivity contribution in [2.45, 2.75) is 38.0 Å². The summed E-state index contributed by atoms with van der Waals surface area (Å²) < 4.78 is 25.8. The van der Waals surface area contributed by atoms with Crippen LogP contribution >= 0.6 is 0 Å². The number of amides is 1. The molecule has 0 radical (unpaired) electrons. The first-order valence-electron chi connectivity index (χ1n) is 11.3. The van der Waals surface area contributed by atoms with Crippen molar-refractivity contribution in [3.63, 3.8) is 0 Å². The summed E-state index contributed by atoms with van der Waals surface area (Å²) in [6.45, 7) is 4.92. The Bertz CT molecular complexity index is 1300. The fraction of sp³-hybridized carbons (Fsp3) is 0.348. The van der Waals surface area contributed by atoms with E-state index >= 15 is 0 Å². The van der Waals surface area contributed by atoms with Gasteiger partial charge in [-0.2, -0.15) is 4.98 Å². The fourth-order valence-corrected chi connectivity index (χ4v) is 4.34. The Kier molecular flexibility index (Phi) is 4.92. The van der Waals surface area contributed by atoms with E-state index in [0.29, 0.717) is 23.6 Å². The van der Waals surface area contributed by atoms with Crippen LogP contribution in [-0.2, 0) is 9.53 Å². The van der Waals surface area contributed by atoms with E-state index < -0.39 is 11.4 Å². The van der Waals surface area contributed by atoms with Gasteiger partial charge in [0.1, 0.15) is 11.6 Å². The molecule has 12 heteroatoms. The molecular weight excluding hydrogens is 455 g/mol. The molecule has 3 aromatic rings. The van der Waals surface area contributed by atoms with Crippen LogP contribution in [0.15, 0.2) is 36.7 Å². The van der Waals surface area contributed by atoms with Crippen molar-refractivity contribution >= 4 is 40.8 Å². The number of morpholine rings is 1. The van der Waals surface area contributed by atoms with Crippen LogP contribution in [0.3, 0.4) is 0 Å². The highest BCUT2D eigenvalue weighted by Crippen LogP contribution is 2.34. The van der Waals surface area contributed by atoms with Crippen LogP contribution in [0.5, 0.6) is 5.75 Å². The minimum atomic E-state index is -1.00. The minimum absolute atomic E-state index is 0.0731. The van der Waals surface area contributed by atoms with Gasteiger partial charge in [0.05, 0.1) is 36.8 Å². The summed E-state index contributed by atoms with van der Waals surface area (Å²) in [5, 5.41) is 8.57. The molecule has 35 heavy (non-hydrogen) atoms. The van der Waals surface area contributed by atoms with Gasteiger partial charge in [0, 0.05) is 6.54 Å². The van der Waals surface area contributed by atoms with E-state index in [9.17, 15) is 9.18 Å². The lowest BCUT2D eigenvalue weighted by atomic mass is 10.1. The highest BCUT2D eigenvalue weighted by molar-refractivity contribution is 5.99. The summed E-state index contributed by atoms with van der Waals surface area (Å²) in [7, 11) is 0. The minimum Gasteiger partial charge on any atom is -0.474 e. The number of pyridine rings is 2. The number of nitrogens with one attached hydrogen (secondary N) is 3. The highest BCUT2D eigenvalue weighted by Gasteiger charge is 2.39. The second-order valence-electron chi connectivity index (χ2n) is 9.15. The quantitative estimate of drug-likeness (QED) is 0.504. The van der Waals surface area contributed by atoms with Crippen molar-refractivity contribution in [3.05, 3.63) is 42.5 Å². The first-order chi connectivity index (χ1) is 16.8. The summed E-state index contributed by atoms with van der Waals surface area (Å²) in [5.41, 5.74) is -0.334. The van der Waals surface area contributed by atoms with Crippen LogP contribution < -0.4 is 25.6 Å². The van der Waals surface area contributed by atoms with Crippen LogP contribution in [0.4, 0.5) is 39.3 Å². The summed E-state index contributed by atoms with van der Waals surface area (Å²) in [5.74, 6) is 0.990. The van der Waals surface area contributed by atoms with E-state index in [2.05, 4.69) is 40.8 Å². The molecule has 2 bridgehead atoms. The number of anilines is 6. The van der Waals surface area contributed by atoms with E-state index in [1.54, 1.807) is 32.2 Å². The van der Waals surface area contributed by atoms with E-state index in [-0.39, 0.29) is 29.3 Å². The molecule has 0 saturated carbocycles. The van der Waals surface area contributed by atoms with Crippen LogP contribution in [0.25, 0.3) is 0 Å². The zero-order valence-corrected chi connectivity index (χ0v) is 19.1. The third-order valence-electron chi connectivity index (χ3n) is 6.19. The number of hydrogen-bond donors (Lipinski definition) is 3. The lowest BCUT2D eigenvalue weighted by Crippen LogP contribution is -2.46. The molecule has 6 heterocycles. The second-order valence-corrected chi connectivity index (χ2v) is 9.15. The van der Waals surface area contributed by atoms with Crippen LogP contribution in [0, 0.1) is 5.82 Å². The average Bonchev–Trinajstić information content (AvgIpc) is 3.47. The molecular formula is C23H23FN8O3. The molecule has 6 rings (SSSR count). The summed E-state index contributed by atoms with van der Waals surface area (Å²) in [6, 6.07) is 7.45. The van der Waals surface area contributed by atoms with Gasteiger partial charge in [-0.25, -0.2) is 19.3 Å². The molecule has 3 aliphatic rings. The molecule has 180 valence electrons. The van der Waals surface area contributed by atoms with E-state index in [1.807, 2.05) is 12.1 Å². The normalized spacial score (nSPS) is 21.8. The zero-order valence-electron chi connectivity index (χ0n) is 19.1. The van der Waals surface area contributed by atoms with Crippen molar-refractivity contribution in [1.82, 2.24) is 19.9 Å². The van der Waals surface area contributed by atoms with E-state index in [4.69, 9.17) is 9.47 Å². The number of carbonyl (C=O) groups is 1. The number of nitrogens with zero attached hydrogens (tertiary/aromatic N) is 5. The smallest absolute Gasteiger partial charge is 0.269 e. The van der Waals surface area contributed by atoms with Crippen LogP contribution in [0.1, 0.15) is 20.3 Å². The van der Waals surface area contributed by atoms with Crippen molar-refractivity contribution in [2.75, 3.05) is 34.0 Å². The average molecular weight is 478 g/mol. The van der Waals surface area contributed by atoms with Crippen molar-refractivity contribution in [2.24, 2.45) is 0 Å². The van der Waals surface area contributed by atoms with Crippen LogP contribution in [-0.4, -0.2) is 56.7 Å². The zero-order chi connectivity index (χ0) is 24.2. The molecule has 3 aromatic heterocycles. The lowest BCUT2D eigenvalue weighted by molar-refractivity contribution is -0.129. The number of ether oxygens (including phenoxy) is 2. The summed E-state index contributed by atoms with van der Waals surface area (Å²) in [6.07, 6.45) is 4.08. The maximum Gasteiger partial charge on any atom is 0.269 e. The van der Waals surface area contributed by atoms with Gasteiger partial charge in [0.25, 0.3) is 5.91 Å². The molecule has 3 N–H and O–H groups in total. The number of rotatable bonds is 5. The Morgan fingerprint density at radius 1 is 1.14 bits per heavy atom. The van der Waals surface area contributed by atoms with Gasteiger partial charge < -0.3 is 30.3 Å². The predicted octanol–water partition coefficient (Wildman–Crippen LogP) is 2.98. The molecule has 1 amide bonds. The summed E-state index contributed by atoms with van der Waals surface area (Å²) in [4.78, 5) is 31.5. The van der Waals surface area contributed by atoms with Gasteiger partial charge in [0.2, 0.25) is 5.95 Å². The topological polar surface area (TPSA) is 126 Å². The van der Waals surface area contributed by atoms with E-state index in [1.165, 1.54) is 0 Å². The Morgan fingerprint density at radius 2 is 2.03 bits per heavy atom. The van der Waals surface area contributed by atoms with Crippen LogP contribution in [0.2, 0.25) is 0 Å². The van der Waals surface area contributed by atoms with Gasteiger partial charge in [-0.3, -0.25) is 4.79 Å². The second kappa shape index (κ2) is 8.01. The number of halogens is 1. The first-order valence-corrected chi connectivity index (χ1v) is 11.3.